The minimum atomic E-state index is -3.66. The van der Waals surface area contributed by atoms with E-state index in [1.165, 1.54) is 4.31 Å². The fourth-order valence-corrected chi connectivity index (χ4v) is 5.47. The van der Waals surface area contributed by atoms with E-state index >= 15 is 0 Å². The Morgan fingerprint density at radius 1 is 1.06 bits per heavy atom. The number of hydrogen-bond donors (Lipinski definition) is 2. The van der Waals surface area contributed by atoms with Gasteiger partial charge in [-0.1, -0.05) is 18.2 Å². The average molecular weight is 489 g/mol. The van der Waals surface area contributed by atoms with E-state index in [0.29, 0.717) is 38.5 Å². The Labute approximate surface area is 201 Å². The number of hydrogen-bond acceptors (Lipinski definition) is 7. The Kier molecular flexibility index (Phi) is 8.04. The second-order valence-corrected chi connectivity index (χ2v) is 10.3. The number of likely N-dealkylation sites (N-methyl/N-ethyl adjacent to an activating group) is 1. The van der Waals surface area contributed by atoms with E-state index in [-0.39, 0.29) is 23.5 Å². The van der Waals surface area contributed by atoms with Gasteiger partial charge in [-0.05, 0) is 43.2 Å². The first-order valence-corrected chi connectivity index (χ1v) is 13.0. The molecule has 0 spiro atoms. The van der Waals surface area contributed by atoms with Crippen molar-refractivity contribution in [2.24, 2.45) is 0 Å². The van der Waals surface area contributed by atoms with Crippen molar-refractivity contribution in [3.05, 3.63) is 48.5 Å². The van der Waals surface area contributed by atoms with Crippen molar-refractivity contribution < 1.29 is 22.7 Å². The van der Waals surface area contributed by atoms with E-state index in [0.717, 1.165) is 30.8 Å². The number of nitrogens with zero attached hydrogens (tertiary/aromatic N) is 2. The predicted molar refractivity (Wildman–Crippen MR) is 132 cm³/mol. The van der Waals surface area contributed by atoms with Gasteiger partial charge in [-0.3, -0.25) is 4.79 Å². The molecule has 1 atom stereocenters. The van der Waals surface area contributed by atoms with Gasteiger partial charge in [0.25, 0.3) is 0 Å². The van der Waals surface area contributed by atoms with Gasteiger partial charge >= 0.3 is 0 Å². The van der Waals surface area contributed by atoms with Gasteiger partial charge in [-0.25, -0.2) is 8.42 Å². The van der Waals surface area contributed by atoms with Crippen molar-refractivity contribution in [1.29, 1.82) is 0 Å². The molecule has 2 N–H and O–H groups in total. The van der Waals surface area contributed by atoms with Crippen LogP contribution in [0.3, 0.4) is 0 Å². The lowest BCUT2D eigenvalue weighted by molar-refractivity contribution is -0.116. The van der Waals surface area contributed by atoms with Gasteiger partial charge in [-0.15, -0.1) is 0 Å². The number of rotatable bonds is 9. The van der Waals surface area contributed by atoms with Crippen LogP contribution in [-0.2, 0) is 24.3 Å². The molecule has 4 rings (SSSR count). The van der Waals surface area contributed by atoms with E-state index in [2.05, 4.69) is 10.6 Å². The summed E-state index contributed by atoms with van der Waals surface area (Å²) in [5, 5.41) is 6.51. The van der Waals surface area contributed by atoms with Crippen LogP contribution in [0.15, 0.2) is 53.4 Å². The molecule has 10 heteroatoms. The van der Waals surface area contributed by atoms with Gasteiger partial charge in [-0.2, -0.15) is 4.31 Å². The summed E-state index contributed by atoms with van der Waals surface area (Å²) in [6, 6.07) is 14.3. The maximum absolute atomic E-state index is 13.2. The van der Waals surface area contributed by atoms with E-state index in [1.54, 1.807) is 30.1 Å². The van der Waals surface area contributed by atoms with Crippen molar-refractivity contribution in [2.75, 3.05) is 68.6 Å². The highest BCUT2D eigenvalue weighted by Crippen LogP contribution is 2.28. The van der Waals surface area contributed by atoms with Gasteiger partial charge in [0, 0.05) is 39.0 Å². The molecule has 0 aromatic heterocycles. The SMILES string of the molecule is CN(C(=O)CNc1cc(S(=O)(=O)N2CCOCC2)ccc1NCC1CCCO1)c1ccccc1. The molecule has 0 aliphatic carbocycles. The van der Waals surface area contributed by atoms with Gasteiger partial charge < -0.3 is 25.0 Å². The number of ether oxygens (including phenoxy) is 2. The summed E-state index contributed by atoms with van der Waals surface area (Å²) in [4.78, 5) is 14.6. The molecule has 0 saturated carbocycles. The molecule has 2 aromatic rings. The van der Waals surface area contributed by atoms with Crippen molar-refractivity contribution in [2.45, 2.75) is 23.8 Å². The quantitative estimate of drug-likeness (QED) is 0.559. The number of nitrogens with one attached hydrogen (secondary N) is 2. The van der Waals surface area contributed by atoms with Crippen molar-refractivity contribution in [3.8, 4) is 0 Å². The first kappa shape index (κ1) is 24.5. The zero-order valence-corrected chi connectivity index (χ0v) is 20.2. The lowest BCUT2D eigenvalue weighted by Gasteiger charge is -2.26. The molecule has 2 aliphatic rings. The lowest BCUT2D eigenvalue weighted by Crippen LogP contribution is -2.40. The molecule has 2 heterocycles. The van der Waals surface area contributed by atoms with Crippen LogP contribution in [0, 0.1) is 0 Å². The van der Waals surface area contributed by atoms with Gasteiger partial charge in [0.15, 0.2) is 0 Å². The number of morpholine rings is 1. The summed E-state index contributed by atoms with van der Waals surface area (Å²) < 4.78 is 38.8. The monoisotopic (exact) mass is 488 g/mol. The number of benzene rings is 2. The van der Waals surface area contributed by atoms with Crippen molar-refractivity contribution >= 4 is 33.0 Å². The Hall–Kier alpha value is -2.66. The van der Waals surface area contributed by atoms with Gasteiger partial charge in [0.05, 0.1) is 42.1 Å². The molecule has 9 nitrogen and oxygen atoms in total. The van der Waals surface area contributed by atoms with Crippen LogP contribution in [0.5, 0.6) is 0 Å². The van der Waals surface area contributed by atoms with Crippen LogP contribution in [0.4, 0.5) is 17.1 Å². The fourth-order valence-electron chi connectivity index (χ4n) is 4.03. The molecule has 2 aliphatic heterocycles. The number of anilines is 3. The van der Waals surface area contributed by atoms with Crippen molar-refractivity contribution in [1.82, 2.24) is 4.31 Å². The third-order valence-corrected chi connectivity index (χ3v) is 7.99. The molecule has 184 valence electrons. The highest BCUT2D eigenvalue weighted by Gasteiger charge is 2.27. The van der Waals surface area contributed by atoms with Crippen LogP contribution in [0.2, 0.25) is 0 Å². The zero-order valence-electron chi connectivity index (χ0n) is 19.4. The third-order valence-electron chi connectivity index (χ3n) is 6.09. The summed E-state index contributed by atoms with van der Waals surface area (Å²) >= 11 is 0. The Balaban J connectivity index is 1.52. The normalized spacial score (nSPS) is 19.0. The Morgan fingerprint density at radius 3 is 2.53 bits per heavy atom. The second kappa shape index (κ2) is 11.2. The fraction of sp³-hybridized carbons (Fsp3) is 0.458. The van der Waals surface area contributed by atoms with Crippen LogP contribution in [0.25, 0.3) is 0 Å². The van der Waals surface area contributed by atoms with Crippen LogP contribution in [-0.4, -0.2) is 77.8 Å². The van der Waals surface area contributed by atoms with Gasteiger partial charge in [0.1, 0.15) is 0 Å². The second-order valence-electron chi connectivity index (χ2n) is 8.38. The number of carbonyl (C=O) groups excluding carboxylic acids is 1. The first-order chi connectivity index (χ1) is 16.4. The topological polar surface area (TPSA) is 100 Å². The Bertz CT molecular complexity index is 1070. The molecular weight excluding hydrogens is 456 g/mol. The van der Waals surface area contributed by atoms with Gasteiger partial charge in [0.2, 0.25) is 15.9 Å². The molecular formula is C24H32N4O5S. The minimum Gasteiger partial charge on any atom is -0.381 e. The standard InChI is InChI=1S/C24H32N4O5S/c1-27(19-6-3-2-4-7-19)24(29)18-26-23-16-21(34(30,31)28-11-14-32-15-12-28)9-10-22(23)25-17-20-8-5-13-33-20/h2-4,6-7,9-10,16,20,25-26H,5,8,11-15,17-18H2,1H3. The molecule has 0 bridgehead atoms. The number of carbonyl (C=O) groups is 1. The predicted octanol–water partition coefficient (Wildman–Crippen LogP) is 2.37. The number of amides is 1. The van der Waals surface area contributed by atoms with E-state index in [4.69, 9.17) is 9.47 Å². The van der Waals surface area contributed by atoms with E-state index in [1.807, 2.05) is 30.3 Å². The molecule has 0 radical (unpaired) electrons. The summed E-state index contributed by atoms with van der Waals surface area (Å²) in [5.74, 6) is -0.141. The summed E-state index contributed by atoms with van der Waals surface area (Å²) in [5.41, 5.74) is 2.07. The minimum absolute atomic E-state index is 0.0149. The molecule has 2 aromatic carbocycles. The highest BCUT2D eigenvalue weighted by atomic mass is 32.2. The zero-order chi connectivity index (χ0) is 24.0. The molecule has 2 fully saturated rings. The summed E-state index contributed by atoms with van der Waals surface area (Å²) in [6.07, 6.45) is 2.14. The molecule has 34 heavy (non-hydrogen) atoms. The highest BCUT2D eigenvalue weighted by molar-refractivity contribution is 7.89. The van der Waals surface area contributed by atoms with Crippen LogP contribution >= 0.6 is 0 Å². The van der Waals surface area contributed by atoms with E-state index < -0.39 is 10.0 Å². The summed E-state index contributed by atoms with van der Waals surface area (Å²) in [6.45, 7) is 2.80. The lowest BCUT2D eigenvalue weighted by atomic mass is 10.2. The summed E-state index contributed by atoms with van der Waals surface area (Å²) in [7, 11) is -1.95. The smallest absolute Gasteiger partial charge is 0.246 e. The maximum atomic E-state index is 13.2. The number of sulfonamides is 1. The maximum Gasteiger partial charge on any atom is 0.246 e. The molecule has 1 unspecified atom stereocenters. The third kappa shape index (κ3) is 5.87. The number of para-hydroxylation sites is 1. The van der Waals surface area contributed by atoms with Crippen LogP contribution in [0.1, 0.15) is 12.8 Å². The molecule has 1 amide bonds. The largest absolute Gasteiger partial charge is 0.381 e. The average Bonchev–Trinajstić information content (AvgIpc) is 3.40. The first-order valence-electron chi connectivity index (χ1n) is 11.6. The van der Waals surface area contributed by atoms with Crippen LogP contribution < -0.4 is 15.5 Å². The molecule has 2 saturated heterocycles. The van der Waals surface area contributed by atoms with Crippen molar-refractivity contribution in [3.63, 3.8) is 0 Å². The Morgan fingerprint density at radius 2 is 1.82 bits per heavy atom. The van der Waals surface area contributed by atoms with E-state index in [9.17, 15) is 13.2 Å².